The quantitative estimate of drug-likeness (QED) is 0.433. The van der Waals surface area contributed by atoms with Gasteiger partial charge in [0.2, 0.25) is 0 Å². The fraction of sp³-hybridized carbons (Fsp3) is 0.583. The molecule has 0 amide bonds. The van der Waals surface area contributed by atoms with Gasteiger partial charge in [-0.05, 0) is 0 Å². The summed E-state index contributed by atoms with van der Waals surface area (Å²) < 4.78 is 0.307. The number of ketones is 2. The van der Waals surface area contributed by atoms with Crippen molar-refractivity contribution in [2.24, 2.45) is 5.92 Å². The molecule has 11 rings (SSSR count). The van der Waals surface area contributed by atoms with Crippen LogP contribution in [0.3, 0.4) is 0 Å². The van der Waals surface area contributed by atoms with Crippen molar-refractivity contribution in [2.75, 3.05) is 0 Å². The number of hydrogen-bond acceptors (Lipinski definition) is 2. The molecule has 1 spiro atoms. The van der Waals surface area contributed by atoms with Gasteiger partial charge in [-0.1, -0.05) is 0 Å². The first kappa shape index (κ1) is 12.4. The molecule has 10 aliphatic rings. The fourth-order valence-corrected chi connectivity index (χ4v) is 95.1. The molecule has 1 aromatic carbocycles. The van der Waals surface area contributed by atoms with Crippen molar-refractivity contribution in [3.05, 3.63) is 42.0 Å². The van der Waals surface area contributed by atoms with Gasteiger partial charge in [0.25, 0.3) is 0 Å². The first-order valence-corrected chi connectivity index (χ1v) is 17.0. The van der Waals surface area contributed by atoms with Crippen LogP contribution in [0.25, 0.3) is 6.08 Å². The summed E-state index contributed by atoms with van der Waals surface area (Å²) in [5.41, 5.74) is 1.13. The summed E-state index contributed by atoms with van der Waals surface area (Å²) in [7, 11) is 0. The van der Waals surface area contributed by atoms with Gasteiger partial charge in [-0.25, -0.2) is 0 Å². The summed E-state index contributed by atoms with van der Waals surface area (Å²) in [6.07, 6.45) is 4.80. The van der Waals surface area contributed by atoms with Gasteiger partial charge < -0.3 is 0 Å². The first-order chi connectivity index (χ1) is 12.8. The number of hydrogen-bond donors (Lipinski definition) is 0. The van der Waals surface area contributed by atoms with E-state index in [1.165, 1.54) is 0 Å². The Kier molecular flexibility index (Phi) is 0.649. The zero-order valence-corrected chi connectivity index (χ0v) is 16.7. The van der Waals surface area contributed by atoms with Crippen LogP contribution >= 0.6 is 0 Å². The van der Waals surface area contributed by atoms with Crippen LogP contribution in [0.2, 0.25) is 47.2 Å². The van der Waals surface area contributed by atoms with Crippen molar-refractivity contribution in [3.63, 3.8) is 0 Å². The number of allylic oxidation sites excluding steroid dienone is 1. The molecule has 27 heavy (non-hydrogen) atoms. The van der Waals surface area contributed by atoms with Gasteiger partial charge in [0.1, 0.15) is 0 Å². The number of fused-ring (bicyclic) bond motifs is 10. The summed E-state index contributed by atoms with van der Waals surface area (Å²) in [5, 5.41) is 0. The van der Waals surface area contributed by atoms with Gasteiger partial charge in [-0.2, -0.15) is 0 Å². The van der Waals surface area contributed by atoms with Crippen molar-refractivity contribution in [1.29, 1.82) is 0 Å². The Morgan fingerprint density at radius 1 is 0.963 bits per heavy atom. The average Bonchev–Trinajstić information content (AvgIpc) is 3.59. The van der Waals surface area contributed by atoms with Crippen molar-refractivity contribution in [1.82, 2.24) is 0 Å². The van der Waals surface area contributed by atoms with Crippen LogP contribution in [0.4, 0.5) is 0 Å². The minimum atomic E-state index is -3.95. The molecule has 0 N–H and O–H groups in total. The van der Waals surface area contributed by atoms with E-state index in [1.54, 1.807) is 0 Å². The molecule has 0 aromatic heterocycles. The van der Waals surface area contributed by atoms with Gasteiger partial charge in [0.15, 0.2) is 0 Å². The second-order valence-electron chi connectivity index (χ2n) is 13.9. The van der Waals surface area contributed by atoms with Crippen LogP contribution in [0.15, 0.2) is 36.4 Å². The van der Waals surface area contributed by atoms with E-state index in [2.05, 4.69) is 32.1 Å². The van der Waals surface area contributed by atoms with E-state index in [4.69, 9.17) is 0 Å². The van der Waals surface area contributed by atoms with Gasteiger partial charge in [0, 0.05) is 0 Å². The standard InChI is InChI=1S/C14H11O.C10H13O.Fe/c15-14(13-8-4-5-9-13)11-10-12-6-2-1-3-7-12;1-8(2)7-10(11)9-5-3-4-6-9;/h1-11H;3-6,8H,7H2,1-2H3;. The number of Topliss-reactive ketones (excluding diaryl/α,β-unsaturated/α-hetero) is 1. The molecule has 0 saturated carbocycles. The topological polar surface area (TPSA) is 34.1 Å². The summed E-state index contributed by atoms with van der Waals surface area (Å²) in [5.74, 6) is 1.64. The molecule has 0 aliphatic carbocycles. The predicted octanol–water partition coefficient (Wildman–Crippen LogP) is 6.01. The third-order valence-corrected chi connectivity index (χ3v) is 60.2. The van der Waals surface area contributed by atoms with Gasteiger partial charge in [0.05, 0.1) is 0 Å². The molecule has 140 valence electrons. The number of rotatable bonds is 6. The summed E-state index contributed by atoms with van der Waals surface area (Å²) in [6.45, 7) is 0.452. The number of carbonyl (C=O) groups is 2. The Labute approximate surface area is 149 Å². The van der Waals surface area contributed by atoms with Crippen LogP contribution in [-0.2, 0) is 16.1 Å². The molecule has 10 fully saturated rings. The number of benzene rings is 1. The van der Waals surface area contributed by atoms with Gasteiger partial charge >= 0.3 is 149 Å². The maximum absolute atomic E-state index is 13.8. The van der Waals surface area contributed by atoms with E-state index in [-0.39, 0.29) is 8.63 Å². The molecule has 1 aromatic rings. The molecule has 8 unspecified atom stereocenters. The van der Waals surface area contributed by atoms with Crippen LogP contribution in [-0.4, -0.2) is 11.6 Å². The van der Waals surface area contributed by atoms with Crippen LogP contribution in [0.1, 0.15) is 25.8 Å². The van der Waals surface area contributed by atoms with Crippen molar-refractivity contribution in [2.45, 2.75) is 67.4 Å². The first-order valence-electron chi connectivity index (χ1n) is 10.8. The molecule has 0 radical (unpaired) electrons. The molecule has 10 heterocycles. The Morgan fingerprint density at radius 2 is 1.52 bits per heavy atom. The van der Waals surface area contributed by atoms with E-state index in [9.17, 15) is 9.59 Å². The molecule has 8 atom stereocenters. The van der Waals surface area contributed by atoms with Crippen LogP contribution < -0.4 is 0 Å². The zero-order valence-electron chi connectivity index (χ0n) is 15.6. The van der Waals surface area contributed by atoms with Crippen molar-refractivity contribution in [3.8, 4) is 0 Å². The van der Waals surface area contributed by atoms with Gasteiger partial charge in [-0.3, -0.25) is 0 Å². The van der Waals surface area contributed by atoms with E-state index in [0.717, 1.165) is 50.5 Å². The monoisotopic (exact) mass is 400 g/mol. The molecule has 10 aliphatic heterocycles. The molecule has 2 nitrogen and oxygen atoms in total. The molecule has 10 saturated heterocycles. The fourth-order valence-electron chi connectivity index (χ4n) is 19.4. The Hall–Kier alpha value is -1.18. The Bertz CT molecular complexity index is 1510. The Morgan fingerprint density at radius 3 is 2.04 bits per heavy atom. The SMILES string of the molecule is CC(C)CC(=O)[C]12[CH]3[CH]4[CH]5[CH]1[Fe]45321678[CH]2[CH]1[CH]6[C]7(C(=O)C=Cc1ccccc1)[CH]28. The predicted molar refractivity (Wildman–Crippen MR) is 100 cm³/mol. The van der Waals surface area contributed by atoms with Crippen molar-refractivity contribution >= 4 is 17.6 Å². The zero-order chi connectivity index (χ0) is 17.9. The third-order valence-electron chi connectivity index (χ3n) is 17.4. The maximum atomic E-state index is 13.8. The van der Waals surface area contributed by atoms with Gasteiger partial charge in [-0.15, -0.1) is 0 Å². The van der Waals surface area contributed by atoms with E-state index < -0.39 is 6.51 Å². The average molecular weight is 400 g/mol. The normalized spacial score (nSPS) is 82.3. The van der Waals surface area contributed by atoms with Crippen LogP contribution in [0.5, 0.6) is 0 Å². The molecular formula is C24H24FeO2. The summed E-state index contributed by atoms with van der Waals surface area (Å²) >= 11 is 0. The van der Waals surface area contributed by atoms with Crippen LogP contribution in [0, 0.1) is 5.92 Å². The second-order valence-corrected chi connectivity index (χ2v) is 37.1. The molecular weight excluding hydrogens is 376 g/mol. The molecule has 0 bridgehead atoms. The summed E-state index contributed by atoms with van der Waals surface area (Å²) in [4.78, 5) is 34.7. The van der Waals surface area contributed by atoms with E-state index in [1.807, 2.05) is 24.3 Å². The van der Waals surface area contributed by atoms with Crippen molar-refractivity contribution < 1.29 is 16.1 Å². The second kappa shape index (κ2) is 1.41. The minimum absolute atomic E-state index is 0.117. The summed E-state index contributed by atoms with van der Waals surface area (Å²) in [6, 6.07) is 10.3. The third kappa shape index (κ3) is 0.201. The van der Waals surface area contributed by atoms with E-state index in [0.29, 0.717) is 17.5 Å². The number of carbonyl (C=O) groups excluding carboxylic acids is 2. The Balaban J connectivity index is 1.16. The molecule has 3 heteroatoms. The van der Waals surface area contributed by atoms with E-state index >= 15 is 0 Å².